The van der Waals surface area contributed by atoms with Gasteiger partial charge in [-0.3, -0.25) is 0 Å². The Labute approximate surface area is 130 Å². The largest absolute Gasteiger partial charge is 0.490 e. The van der Waals surface area contributed by atoms with Gasteiger partial charge in [0.15, 0.2) is 11.5 Å². The van der Waals surface area contributed by atoms with Crippen LogP contribution in [-0.2, 0) is 0 Å². The molecule has 1 unspecified atom stereocenters. The van der Waals surface area contributed by atoms with Gasteiger partial charge in [0, 0.05) is 4.88 Å². The predicted octanol–water partition coefficient (Wildman–Crippen LogP) is 4.16. The van der Waals surface area contributed by atoms with Crippen LogP contribution >= 0.6 is 11.3 Å². The van der Waals surface area contributed by atoms with Crippen LogP contribution < -0.4 is 14.8 Å². The predicted molar refractivity (Wildman–Crippen MR) is 88.7 cm³/mol. The number of nitrogens with one attached hydrogen (secondary N) is 1. The molecule has 0 amide bonds. The number of thiophene rings is 1. The SMILES string of the molecule is CCOc1ccc(C(NC)c2csc(C)c2)cc1OCC. The second-order valence-corrected chi connectivity index (χ2v) is 5.90. The molecule has 0 saturated carbocycles. The zero-order chi connectivity index (χ0) is 15.2. The Bertz CT molecular complexity index is 580. The third-order valence-corrected chi connectivity index (χ3v) is 4.15. The van der Waals surface area contributed by atoms with Crippen LogP contribution in [0.15, 0.2) is 29.6 Å². The molecular formula is C17H23NO2S. The van der Waals surface area contributed by atoms with Crippen molar-refractivity contribution in [3.63, 3.8) is 0 Å². The van der Waals surface area contributed by atoms with Crippen LogP contribution in [0.5, 0.6) is 11.5 Å². The molecule has 0 fully saturated rings. The molecule has 4 heteroatoms. The summed E-state index contributed by atoms with van der Waals surface area (Å²) in [6.07, 6.45) is 0. The van der Waals surface area contributed by atoms with Crippen LogP contribution in [0.3, 0.4) is 0 Å². The van der Waals surface area contributed by atoms with Gasteiger partial charge in [0.25, 0.3) is 0 Å². The lowest BCUT2D eigenvalue weighted by molar-refractivity contribution is 0.287. The molecule has 1 aromatic carbocycles. The summed E-state index contributed by atoms with van der Waals surface area (Å²) in [5.41, 5.74) is 2.47. The average molecular weight is 305 g/mol. The minimum atomic E-state index is 0.171. The first-order valence-corrected chi connectivity index (χ1v) is 8.19. The highest BCUT2D eigenvalue weighted by atomic mass is 32.1. The zero-order valence-corrected chi connectivity index (χ0v) is 13.9. The summed E-state index contributed by atoms with van der Waals surface area (Å²) in [5.74, 6) is 1.61. The molecule has 1 atom stereocenters. The fraction of sp³-hybridized carbons (Fsp3) is 0.412. The number of ether oxygens (including phenoxy) is 2. The Kier molecular flexibility index (Phi) is 5.65. The van der Waals surface area contributed by atoms with Gasteiger partial charge >= 0.3 is 0 Å². The van der Waals surface area contributed by atoms with Crippen LogP contribution in [0.1, 0.15) is 35.9 Å². The summed E-state index contributed by atoms with van der Waals surface area (Å²) in [6.45, 7) is 7.36. The van der Waals surface area contributed by atoms with Gasteiger partial charge in [-0.05, 0) is 62.5 Å². The van der Waals surface area contributed by atoms with Crippen molar-refractivity contribution >= 4 is 11.3 Å². The molecule has 0 aliphatic rings. The van der Waals surface area contributed by atoms with Crippen molar-refractivity contribution in [2.45, 2.75) is 26.8 Å². The van der Waals surface area contributed by atoms with E-state index in [1.165, 1.54) is 16.0 Å². The van der Waals surface area contributed by atoms with Crippen molar-refractivity contribution in [1.82, 2.24) is 5.32 Å². The van der Waals surface area contributed by atoms with Crippen molar-refractivity contribution in [2.24, 2.45) is 0 Å². The Morgan fingerprint density at radius 3 is 2.33 bits per heavy atom. The third-order valence-electron chi connectivity index (χ3n) is 3.27. The first-order valence-electron chi connectivity index (χ1n) is 7.31. The maximum absolute atomic E-state index is 5.72. The Morgan fingerprint density at radius 2 is 1.76 bits per heavy atom. The summed E-state index contributed by atoms with van der Waals surface area (Å²) >= 11 is 1.77. The molecule has 0 aliphatic heterocycles. The molecule has 2 rings (SSSR count). The number of benzene rings is 1. The van der Waals surface area contributed by atoms with E-state index in [4.69, 9.17) is 9.47 Å². The van der Waals surface area contributed by atoms with E-state index < -0.39 is 0 Å². The fourth-order valence-electron chi connectivity index (χ4n) is 2.39. The molecule has 2 aromatic rings. The second kappa shape index (κ2) is 7.48. The number of hydrogen-bond donors (Lipinski definition) is 1. The van der Waals surface area contributed by atoms with Gasteiger partial charge in [0.2, 0.25) is 0 Å². The minimum Gasteiger partial charge on any atom is -0.490 e. The van der Waals surface area contributed by atoms with E-state index in [0.29, 0.717) is 13.2 Å². The normalized spacial score (nSPS) is 12.2. The van der Waals surface area contributed by atoms with Crippen LogP contribution in [0.2, 0.25) is 0 Å². The van der Waals surface area contributed by atoms with Gasteiger partial charge in [-0.1, -0.05) is 6.07 Å². The van der Waals surface area contributed by atoms with E-state index in [1.807, 2.05) is 27.0 Å². The van der Waals surface area contributed by atoms with E-state index in [9.17, 15) is 0 Å². The molecule has 0 radical (unpaired) electrons. The van der Waals surface area contributed by atoms with Crippen molar-refractivity contribution in [1.29, 1.82) is 0 Å². The van der Waals surface area contributed by atoms with E-state index in [2.05, 4.69) is 35.8 Å². The van der Waals surface area contributed by atoms with Crippen LogP contribution in [-0.4, -0.2) is 20.3 Å². The van der Waals surface area contributed by atoms with Crippen molar-refractivity contribution in [2.75, 3.05) is 20.3 Å². The third kappa shape index (κ3) is 3.77. The topological polar surface area (TPSA) is 30.5 Å². The number of aryl methyl sites for hydroxylation is 1. The van der Waals surface area contributed by atoms with E-state index >= 15 is 0 Å². The van der Waals surface area contributed by atoms with Gasteiger partial charge in [-0.15, -0.1) is 11.3 Å². The lowest BCUT2D eigenvalue weighted by Gasteiger charge is -2.18. The summed E-state index contributed by atoms with van der Waals surface area (Å²) in [5, 5.41) is 5.58. The molecule has 1 heterocycles. The molecule has 0 aliphatic carbocycles. The zero-order valence-electron chi connectivity index (χ0n) is 13.1. The molecule has 0 saturated heterocycles. The first-order chi connectivity index (χ1) is 10.2. The van der Waals surface area contributed by atoms with Crippen LogP contribution in [0.4, 0.5) is 0 Å². The number of hydrogen-bond acceptors (Lipinski definition) is 4. The highest BCUT2D eigenvalue weighted by Gasteiger charge is 2.16. The minimum absolute atomic E-state index is 0.171. The first kappa shape index (κ1) is 15.9. The van der Waals surface area contributed by atoms with Crippen LogP contribution in [0.25, 0.3) is 0 Å². The Hall–Kier alpha value is -1.52. The van der Waals surface area contributed by atoms with Crippen molar-refractivity contribution in [3.05, 3.63) is 45.6 Å². The summed E-state index contributed by atoms with van der Waals surface area (Å²) in [4.78, 5) is 1.32. The van der Waals surface area contributed by atoms with E-state index in [-0.39, 0.29) is 6.04 Å². The van der Waals surface area contributed by atoms with Gasteiger partial charge in [-0.2, -0.15) is 0 Å². The van der Waals surface area contributed by atoms with Gasteiger partial charge < -0.3 is 14.8 Å². The van der Waals surface area contributed by atoms with E-state index in [1.54, 1.807) is 11.3 Å². The molecule has 21 heavy (non-hydrogen) atoms. The molecule has 1 N–H and O–H groups in total. The monoisotopic (exact) mass is 305 g/mol. The second-order valence-electron chi connectivity index (χ2n) is 4.78. The molecule has 1 aromatic heterocycles. The fourth-order valence-corrected chi connectivity index (χ4v) is 3.12. The maximum atomic E-state index is 5.72. The highest BCUT2D eigenvalue weighted by molar-refractivity contribution is 7.10. The van der Waals surface area contributed by atoms with Crippen molar-refractivity contribution < 1.29 is 9.47 Å². The Morgan fingerprint density at radius 1 is 1.05 bits per heavy atom. The van der Waals surface area contributed by atoms with Crippen LogP contribution in [0, 0.1) is 6.92 Å². The lowest BCUT2D eigenvalue weighted by Crippen LogP contribution is -2.17. The van der Waals surface area contributed by atoms with Gasteiger partial charge in [0.1, 0.15) is 0 Å². The standard InChI is InChI=1S/C17H23NO2S/c1-5-19-15-8-7-13(10-16(15)20-6-2)17(18-4)14-9-12(3)21-11-14/h7-11,17-18H,5-6H2,1-4H3. The molecule has 0 spiro atoms. The van der Waals surface area contributed by atoms with Crippen molar-refractivity contribution in [3.8, 4) is 11.5 Å². The van der Waals surface area contributed by atoms with Gasteiger partial charge in [-0.25, -0.2) is 0 Å². The summed E-state index contributed by atoms with van der Waals surface area (Å²) < 4.78 is 11.3. The summed E-state index contributed by atoms with van der Waals surface area (Å²) in [7, 11) is 1.98. The highest BCUT2D eigenvalue weighted by Crippen LogP contribution is 2.33. The summed E-state index contributed by atoms with van der Waals surface area (Å²) in [6, 6.07) is 8.56. The lowest BCUT2D eigenvalue weighted by atomic mass is 10.0. The number of rotatable bonds is 7. The molecule has 3 nitrogen and oxygen atoms in total. The molecule has 114 valence electrons. The Balaban J connectivity index is 2.35. The molecule has 0 bridgehead atoms. The maximum Gasteiger partial charge on any atom is 0.161 e. The molecular weight excluding hydrogens is 282 g/mol. The average Bonchev–Trinajstić information content (AvgIpc) is 2.89. The van der Waals surface area contributed by atoms with E-state index in [0.717, 1.165) is 11.5 Å². The van der Waals surface area contributed by atoms with Gasteiger partial charge in [0.05, 0.1) is 19.3 Å². The smallest absolute Gasteiger partial charge is 0.161 e. The quantitative estimate of drug-likeness (QED) is 0.833.